The molecule has 4 aromatic carbocycles. The quantitative estimate of drug-likeness (QED) is 0.107. The van der Waals surface area contributed by atoms with Crippen LogP contribution in [-0.2, 0) is 9.59 Å². The summed E-state index contributed by atoms with van der Waals surface area (Å²) in [7, 11) is 0. The van der Waals surface area contributed by atoms with Gasteiger partial charge < -0.3 is 16.0 Å². The number of carbonyl (C=O) groups excluding carboxylic acids is 3. The summed E-state index contributed by atoms with van der Waals surface area (Å²) in [6, 6.07) is 31.2. The third-order valence-corrected chi connectivity index (χ3v) is 7.22. The van der Waals surface area contributed by atoms with Crippen molar-refractivity contribution in [2.45, 2.75) is 11.8 Å². The van der Waals surface area contributed by atoms with Gasteiger partial charge in [-0.1, -0.05) is 54.1 Å². The van der Waals surface area contributed by atoms with Gasteiger partial charge in [0.1, 0.15) is 5.70 Å². The van der Waals surface area contributed by atoms with Gasteiger partial charge in [-0.3, -0.25) is 14.4 Å². The molecule has 6 nitrogen and oxygen atoms in total. The maximum atomic E-state index is 13.3. The molecule has 4 rings (SSSR count). The Morgan fingerprint density at radius 1 is 0.795 bits per heavy atom. The predicted molar refractivity (Wildman–Crippen MR) is 167 cm³/mol. The van der Waals surface area contributed by atoms with Crippen molar-refractivity contribution in [1.82, 2.24) is 5.32 Å². The zero-order valence-corrected chi connectivity index (χ0v) is 24.1. The van der Waals surface area contributed by atoms with E-state index in [1.807, 2.05) is 67.6 Å². The maximum absolute atomic E-state index is 13.3. The highest BCUT2D eigenvalue weighted by Gasteiger charge is 2.15. The lowest BCUT2D eigenvalue weighted by Crippen LogP contribution is -2.30. The number of thioether (sulfide) groups is 1. The van der Waals surface area contributed by atoms with Crippen molar-refractivity contribution in [1.29, 1.82) is 0 Å². The Hall–Kier alpha value is -3.89. The van der Waals surface area contributed by atoms with E-state index in [4.69, 9.17) is 0 Å². The molecule has 3 N–H and O–H groups in total. The summed E-state index contributed by atoms with van der Waals surface area (Å²) in [5, 5.41) is 8.50. The van der Waals surface area contributed by atoms with Crippen molar-refractivity contribution >= 4 is 69.5 Å². The first-order valence-corrected chi connectivity index (χ1v) is 14.2. The number of hydrogen-bond acceptors (Lipinski definition) is 4. The zero-order valence-electron chi connectivity index (χ0n) is 21.1. The summed E-state index contributed by atoms with van der Waals surface area (Å²) in [4.78, 5) is 39.3. The Labute approximate surface area is 245 Å². The molecule has 8 heteroatoms. The van der Waals surface area contributed by atoms with Crippen molar-refractivity contribution in [3.05, 3.63) is 129 Å². The molecule has 0 fully saturated rings. The lowest BCUT2D eigenvalue weighted by molar-refractivity contribution is -0.114. The number of hydrogen-bond donors (Lipinski definition) is 3. The van der Waals surface area contributed by atoms with Gasteiger partial charge in [0.15, 0.2) is 0 Å². The zero-order chi connectivity index (χ0) is 27.6. The second-order valence-corrected chi connectivity index (χ2v) is 10.9. The molecule has 0 aliphatic rings. The van der Waals surface area contributed by atoms with Crippen LogP contribution >= 0.6 is 34.4 Å². The van der Waals surface area contributed by atoms with Gasteiger partial charge >= 0.3 is 0 Å². The molecule has 0 bridgehead atoms. The van der Waals surface area contributed by atoms with Crippen LogP contribution in [0.25, 0.3) is 6.08 Å². The van der Waals surface area contributed by atoms with Gasteiger partial charge in [-0.2, -0.15) is 0 Å². The Kier molecular flexibility index (Phi) is 9.93. The van der Waals surface area contributed by atoms with E-state index in [1.165, 1.54) is 11.8 Å². The average Bonchev–Trinajstić information content (AvgIpc) is 2.94. The van der Waals surface area contributed by atoms with Gasteiger partial charge in [0.25, 0.3) is 11.8 Å². The Morgan fingerprint density at radius 2 is 1.51 bits per heavy atom. The van der Waals surface area contributed by atoms with Crippen molar-refractivity contribution in [2.75, 3.05) is 16.4 Å². The van der Waals surface area contributed by atoms with Gasteiger partial charge in [0.05, 0.1) is 5.75 Å². The van der Waals surface area contributed by atoms with E-state index in [1.54, 1.807) is 48.5 Å². The van der Waals surface area contributed by atoms with E-state index < -0.39 is 5.91 Å². The van der Waals surface area contributed by atoms with Gasteiger partial charge in [-0.25, -0.2) is 0 Å². The minimum atomic E-state index is -0.460. The van der Waals surface area contributed by atoms with Gasteiger partial charge in [0, 0.05) is 25.4 Å². The molecular formula is C31H26IN3O3S. The van der Waals surface area contributed by atoms with Crippen molar-refractivity contribution in [3.63, 3.8) is 0 Å². The summed E-state index contributed by atoms with van der Waals surface area (Å²) in [5.74, 6) is -0.747. The molecule has 0 aliphatic heterocycles. The molecule has 0 spiro atoms. The second kappa shape index (κ2) is 13.8. The Morgan fingerprint density at radius 3 is 2.23 bits per heavy atom. The monoisotopic (exact) mass is 647 g/mol. The fourth-order valence-corrected chi connectivity index (χ4v) is 4.63. The fraction of sp³-hybridized carbons (Fsp3) is 0.0645. The number of halogens is 1. The van der Waals surface area contributed by atoms with Crippen molar-refractivity contribution in [2.24, 2.45) is 0 Å². The normalized spacial score (nSPS) is 11.0. The molecule has 0 atom stereocenters. The Balaban J connectivity index is 1.44. The second-order valence-electron chi connectivity index (χ2n) is 8.61. The standard InChI is InChI=1S/C31H26IN3O3S/c1-21-10-12-22(13-11-21)18-28(35-30(37)23-6-3-2-4-7-23)31(38)34-26-8-5-9-27(19-26)39-20-29(36)33-25-16-14-24(32)15-17-25/h2-19H,20H2,1H3,(H,33,36)(H,34,38)(H,35,37)/b28-18-. The minimum Gasteiger partial charge on any atom is -0.325 e. The third kappa shape index (κ3) is 8.83. The number of nitrogens with one attached hydrogen (secondary N) is 3. The number of benzene rings is 4. The predicted octanol–water partition coefficient (Wildman–Crippen LogP) is 6.74. The van der Waals surface area contributed by atoms with Crippen LogP contribution in [0, 0.1) is 10.5 Å². The molecule has 196 valence electrons. The summed E-state index contributed by atoms with van der Waals surface area (Å²) in [6.07, 6.45) is 1.64. The van der Waals surface area contributed by atoms with E-state index in [0.29, 0.717) is 11.3 Å². The molecule has 3 amide bonds. The number of amides is 3. The molecule has 39 heavy (non-hydrogen) atoms. The number of anilines is 2. The van der Waals surface area contributed by atoms with Gasteiger partial charge in [0.2, 0.25) is 5.91 Å². The lowest BCUT2D eigenvalue weighted by atomic mass is 10.1. The Bertz CT molecular complexity index is 1490. The maximum Gasteiger partial charge on any atom is 0.272 e. The topological polar surface area (TPSA) is 87.3 Å². The highest BCUT2D eigenvalue weighted by Crippen LogP contribution is 2.23. The van der Waals surface area contributed by atoms with E-state index in [0.717, 1.165) is 25.3 Å². The van der Waals surface area contributed by atoms with Crippen LogP contribution < -0.4 is 16.0 Å². The molecule has 0 heterocycles. The molecule has 0 saturated heterocycles. The van der Waals surface area contributed by atoms with E-state index in [2.05, 4.69) is 38.5 Å². The molecule has 4 aromatic rings. The van der Waals surface area contributed by atoms with E-state index in [-0.39, 0.29) is 23.3 Å². The van der Waals surface area contributed by atoms with E-state index >= 15 is 0 Å². The van der Waals surface area contributed by atoms with Gasteiger partial charge in [-0.15, -0.1) is 11.8 Å². The summed E-state index contributed by atoms with van der Waals surface area (Å²) in [6.45, 7) is 1.98. The van der Waals surface area contributed by atoms with Crippen molar-refractivity contribution < 1.29 is 14.4 Å². The SMILES string of the molecule is Cc1ccc(/C=C(\NC(=O)c2ccccc2)C(=O)Nc2cccc(SCC(=O)Nc3ccc(I)cc3)c2)cc1. The van der Waals surface area contributed by atoms with Gasteiger partial charge in [-0.05, 0) is 95.8 Å². The van der Waals surface area contributed by atoms with Crippen LogP contribution in [0.3, 0.4) is 0 Å². The molecule has 0 aliphatic carbocycles. The lowest BCUT2D eigenvalue weighted by Gasteiger charge is -2.12. The highest BCUT2D eigenvalue weighted by molar-refractivity contribution is 14.1. The van der Waals surface area contributed by atoms with Crippen LogP contribution in [-0.4, -0.2) is 23.5 Å². The van der Waals surface area contributed by atoms with Crippen LogP contribution in [0.2, 0.25) is 0 Å². The first-order chi connectivity index (χ1) is 18.9. The summed E-state index contributed by atoms with van der Waals surface area (Å²) < 4.78 is 1.09. The third-order valence-electron chi connectivity index (χ3n) is 5.51. The number of carbonyl (C=O) groups is 3. The van der Waals surface area contributed by atoms with Crippen molar-refractivity contribution in [3.8, 4) is 0 Å². The summed E-state index contributed by atoms with van der Waals surface area (Å²) in [5.41, 5.74) is 3.72. The smallest absolute Gasteiger partial charge is 0.272 e. The largest absolute Gasteiger partial charge is 0.325 e. The first-order valence-electron chi connectivity index (χ1n) is 12.1. The van der Waals surface area contributed by atoms with Crippen LogP contribution in [0.1, 0.15) is 21.5 Å². The minimum absolute atomic E-state index is 0.114. The molecular weight excluding hydrogens is 621 g/mol. The summed E-state index contributed by atoms with van der Waals surface area (Å²) >= 11 is 3.58. The van der Waals surface area contributed by atoms with E-state index in [9.17, 15) is 14.4 Å². The fourth-order valence-electron chi connectivity index (χ4n) is 3.51. The average molecular weight is 648 g/mol. The van der Waals surface area contributed by atoms with Crippen LogP contribution in [0.4, 0.5) is 11.4 Å². The molecule has 0 saturated carbocycles. The highest BCUT2D eigenvalue weighted by atomic mass is 127. The van der Waals surface area contributed by atoms with Crippen LogP contribution in [0.15, 0.2) is 114 Å². The molecule has 0 aromatic heterocycles. The molecule has 0 radical (unpaired) electrons. The van der Waals surface area contributed by atoms with Crippen LogP contribution in [0.5, 0.6) is 0 Å². The molecule has 0 unspecified atom stereocenters. The number of rotatable bonds is 9. The first kappa shape index (κ1) is 28.1. The number of aryl methyl sites for hydroxylation is 1.